The van der Waals surface area contributed by atoms with Gasteiger partial charge in [0.2, 0.25) is 0 Å². The molecule has 0 aliphatic carbocycles. The van der Waals surface area contributed by atoms with Crippen molar-refractivity contribution in [1.82, 2.24) is 0 Å². The van der Waals surface area contributed by atoms with Crippen LogP contribution in [-0.2, 0) is 6.18 Å². The minimum absolute atomic E-state index is 0.00511. The Balaban J connectivity index is 2.53. The average molecular weight is 367 g/mol. The van der Waals surface area contributed by atoms with Crippen LogP contribution in [0.15, 0.2) is 22.7 Å². The Kier molecular flexibility index (Phi) is 7.74. The standard InChI is InChI=1S/C16H22BrF3O/c1-2-3-4-5-6-7-8-15(21)12-9-10-14(17)13(11-12)16(18,19)20/h9-11,15,21H,2-8H2,1H3. The fraction of sp³-hybridized carbons (Fsp3) is 0.625. The van der Waals surface area contributed by atoms with Crippen molar-refractivity contribution >= 4 is 15.9 Å². The molecule has 1 rings (SSSR count). The van der Waals surface area contributed by atoms with Gasteiger partial charge >= 0.3 is 6.18 Å². The molecule has 0 aliphatic heterocycles. The van der Waals surface area contributed by atoms with E-state index in [0.29, 0.717) is 12.0 Å². The minimum Gasteiger partial charge on any atom is -0.388 e. The highest BCUT2D eigenvalue weighted by Crippen LogP contribution is 2.36. The molecule has 0 bridgehead atoms. The molecule has 21 heavy (non-hydrogen) atoms. The summed E-state index contributed by atoms with van der Waals surface area (Å²) in [5.41, 5.74) is -0.402. The lowest BCUT2D eigenvalue weighted by atomic mass is 10.00. The van der Waals surface area contributed by atoms with Crippen molar-refractivity contribution < 1.29 is 18.3 Å². The van der Waals surface area contributed by atoms with Crippen molar-refractivity contribution in [3.8, 4) is 0 Å². The number of unbranched alkanes of at least 4 members (excludes halogenated alkanes) is 5. The van der Waals surface area contributed by atoms with Crippen molar-refractivity contribution in [2.75, 3.05) is 0 Å². The third kappa shape index (κ3) is 6.39. The highest BCUT2D eigenvalue weighted by atomic mass is 79.9. The molecule has 0 saturated carbocycles. The second-order valence-corrected chi connectivity index (χ2v) is 6.16. The Morgan fingerprint density at radius 2 is 1.71 bits per heavy atom. The van der Waals surface area contributed by atoms with Gasteiger partial charge in [-0.2, -0.15) is 13.2 Å². The number of hydrogen-bond acceptors (Lipinski definition) is 1. The summed E-state index contributed by atoms with van der Waals surface area (Å²) >= 11 is 2.90. The lowest BCUT2D eigenvalue weighted by Crippen LogP contribution is -2.08. The zero-order valence-corrected chi connectivity index (χ0v) is 13.8. The molecule has 0 heterocycles. The van der Waals surface area contributed by atoms with E-state index in [1.807, 2.05) is 0 Å². The average Bonchev–Trinajstić information content (AvgIpc) is 2.41. The van der Waals surface area contributed by atoms with E-state index in [2.05, 4.69) is 22.9 Å². The van der Waals surface area contributed by atoms with Crippen LogP contribution >= 0.6 is 15.9 Å². The largest absolute Gasteiger partial charge is 0.417 e. The maximum atomic E-state index is 12.8. The first-order valence-corrected chi connectivity index (χ1v) is 8.20. The molecule has 1 nitrogen and oxygen atoms in total. The Labute approximate surface area is 132 Å². The molecule has 0 aliphatic rings. The summed E-state index contributed by atoms with van der Waals surface area (Å²) in [5, 5.41) is 10.0. The maximum Gasteiger partial charge on any atom is 0.417 e. The number of rotatable bonds is 8. The number of hydrogen-bond donors (Lipinski definition) is 1. The molecule has 120 valence electrons. The Morgan fingerprint density at radius 1 is 1.10 bits per heavy atom. The second-order valence-electron chi connectivity index (χ2n) is 5.31. The van der Waals surface area contributed by atoms with Crippen molar-refractivity contribution in [3.05, 3.63) is 33.8 Å². The quantitative estimate of drug-likeness (QED) is 0.538. The van der Waals surface area contributed by atoms with Gasteiger partial charge in [-0.3, -0.25) is 0 Å². The van der Waals surface area contributed by atoms with E-state index in [4.69, 9.17) is 0 Å². The van der Waals surface area contributed by atoms with E-state index < -0.39 is 17.8 Å². The zero-order chi connectivity index (χ0) is 15.9. The third-order valence-corrected chi connectivity index (χ3v) is 4.20. The molecule has 0 saturated heterocycles. The first kappa shape index (κ1) is 18.5. The van der Waals surface area contributed by atoms with Crippen LogP contribution in [0.1, 0.15) is 69.1 Å². The Bertz CT molecular complexity index is 432. The molecule has 1 N–H and O–H groups in total. The van der Waals surface area contributed by atoms with Gasteiger partial charge in [0, 0.05) is 4.47 Å². The molecule has 0 radical (unpaired) electrons. The van der Waals surface area contributed by atoms with E-state index >= 15 is 0 Å². The topological polar surface area (TPSA) is 20.2 Å². The molecule has 1 aromatic carbocycles. The van der Waals surface area contributed by atoms with Gasteiger partial charge in [0.1, 0.15) is 0 Å². The molecule has 0 spiro atoms. The summed E-state index contributed by atoms with van der Waals surface area (Å²) < 4.78 is 38.4. The van der Waals surface area contributed by atoms with Crippen LogP contribution in [0.25, 0.3) is 0 Å². The molecule has 5 heteroatoms. The maximum absolute atomic E-state index is 12.8. The predicted molar refractivity (Wildman–Crippen MR) is 82.1 cm³/mol. The normalized spacial score (nSPS) is 13.4. The summed E-state index contributed by atoms with van der Waals surface area (Å²) in [6.45, 7) is 2.15. The van der Waals surface area contributed by atoms with Gasteiger partial charge in [-0.25, -0.2) is 0 Å². The monoisotopic (exact) mass is 366 g/mol. The molecule has 1 atom stereocenters. The zero-order valence-electron chi connectivity index (χ0n) is 12.2. The smallest absolute Gasteiger partial charge is 0.388 e. The number of aliphatic hydroxyl groups excluding tert-OH is 1. The molecule has 0 amide bonds. The lowest BCUT2D eigenvalue weighted by molar-refractivity contribution is -0.138. The van der Waals surface area contributed by atoms with Crippen molar-refractivity contribution in [2.24, 2.45) is 0 Å². The summed E-state index contributed by atoms with van der Waals surface area (Å²) in [7, 11) is 0. The number of benzene rings is 1. The fourth-order valence-corrected chi connectivity index (χ4v) is 2.72. The first-order chi connectivity index (χ1) is 9.86. The molecular formula is C16H22BrF3O. The molecule has 0 fully saturated rings. The van der Waals surface area contributed by atoms with E-state index in [1.165, 1.54) is 25.3 Å². The lowest BCUT2D eigenvalue weighted by Gasteiger charge is -2.15. The first-order valence-electron chi connectivity index (χ1n) is 7.41. The fourth-order valence-electron chi connectivity index (χ4n) is 2.25. The number of aliphatic hydroxyl groups is 1. The Morgan fingerprint density at radius 3 is 2.33 bits per heavy atom. The van der Waals surface area contributed by atoms with E-state index in [-0.39, 0.29) is 4.47 Å². The van der Waals surface area contributed by atoms with Crippen LogP contribution < -0.4 is 0 Å². The second kappa shape index (κ2) is 8.79. The van der Waals surface area contributed by atoms with Crippen LogP contribution in [0.2, 0.25) is 0 Å². The molecule has 1 aromatic rings. The summed E-state index contributed by atoms with van der Waals surface area (Å²) in [6, 6.07) is 3.93. The predicted octanol–water partition coefficient (Wildman–Crippen LogP) is 6.25. The van der Waals surface area contributed by atoms with Crippen LogP contribution in [0.4, 0.5) is 13.2 Å². The van der Waals surface area contributed by atoms with E-state index in [9.17, 15) is 18.3 Å². The van der Waals surface area contributed by atoms with Crippen molar-refractivity contribution in [2.45, 2.75) is 64.1 Å². The summed E-state index contributed by atoms with van der Waals surface area (Å²) in [5.74, 6) is 0. The highest BCUT2D eigenvalue weighted by Gasteiger charge is 2.33. The third-order valence-electron chi connectivity index (χ3n) is 3.51. The van der Waals surface area contributed by atoms with Crippen LogP contribution in [0.5, 0.6) is 0 Å². The van der Waals surface area contributed by atoms with Crippen molar-refractivity contribution in [3.63, 3.8) is 0 Å². The number of halogens is 4. The van der Waals surface area contributed by atoms with Gasteiger partial charge in [-0.1, -0.05) is 67.4 Å². The molecule has 0 aromatic heterocycles. The highest BCUT2D eigenvalue weighted by molar-refractivity contribution is 9.10. The summed E-state index contributed by atoms with van der Waals surface area (Å²) in [6.07, 6.45) is 1.82. The Hall–Kier alpha value is -0.550. The van der Waals surface area contributed by atoms with Crippen LogP contribution in [0, 0.1) is 0 Å². The molecule has 1 unspecified atom stereocenters. The van der Waals surface area contributed by atoms with E-state index in [0.717, 1.165) is 25.3 Å². The van der Waals surface area contributed by atoms with Crippen LogP contribution in [0.3, 0.4) is 0 Å². The van der Waals surface area contributed by atoms with Crippen molar-refractivity contribution in [1.29, 1.82) is 0 Å². The van der Waals surface area contributed by atoms with Gasteiger partial charge in [0.25, 0.3) is 0 Å². The van der Waals surface area contributed by atoms with Crippen LogP contribution in [-0.4, -0.2) is 5.11 Å². The van der Waals surface area contributed by atoms with Gasteiger partial charge < -0.3 is 5.11 Å². The van der Waals surface area contributed by atoms with Gasteiger partial charge in [-0.05, 0) is 24.1 Å². The van der Waals surface area contributed by atoms with Gasteiger partial charge in [0.15, 0.2) is 0 Å². The molecular weight excluding hydrogens is 345 g/mol. The van der Waals surface area contributed by atoms with E-state index in [1.54, 1.807) is 6.07 Å². The number of alkyl halides is 3. The summed E-state index contributed by atoms with van der Waals surface area (Å²) in [4.78, 5) is 0. The SMILES string of the molecule is CCCCCCCCC(O)c1ccc(Br)c(C(F)(F)F)c1. The van der Waals surface area contributed by atoms with Gasteiger partial charge in [-0.15, -0.1) is 0 Å². The van der Waals surface area contributed by atoms with Gasteiger partial charge in [0.05, 0.1) is 11.7 Å². The minimum atomic E-state index is -4.41.